The fourth-order valence-corrected chi connectivity index (χ4v) is 5.09. The number of carbonyl (C=O) groups excluding carboxylic acids is 3. The van der Waals surface area contributed by atoms with Crippen LogP contribution in [0.2, 0.25) is 0 Å². The summed E-state index contributed by atoms with van der Waals surface area (Å²) < 4.78 is 10.6. The number of nitrogens with two attached hydrogens (primary N) is 1. The summed E-state index contributed by atoms with van der Waals surface area (Å²) in [4.78, 5) is 38.3. The molecule has 12 heteroatoms. The number of ether oxygens (including phenoxy) is 2. The third-order valence-corrected chi connectivity index (χ3v) is 7.99. The fourth-order valence-electron chi connectivity index (χ4n) is 4.47. The molecule has 0 radical (unpaired) electrons. The first kappa shape index (κ1) is 40.4. The lowest BCUT2D eigenvalue weighted by molar-refractivity contribution is -0.130. The summed E-state index contributed by atoms with van der Waals surface area (Å²) in [5.41, 5.74) is 9.45. The van der Waals surface area contributed by atoms with Crippen molar-refractivity contribution in [3.63, 3.8) is 0 Å². The van der Waals surface area contributed by atoms with E-state index in [2.05, 4.69) is 22.9 Å². The Morgan fingerprint density at radius 3 is 2.26 bits per heavy atom. The van der Waals surface area contributed by atoms with Crippen molar-refractivity contribution < 1.29 is 29.0 Å². The molecule has 1 unspecified atom stereocenters. The van der Waals surface area contributed by atoms with Gasteiger partial charge in [0.05, 0.1) is 7.11 Å². The molecule has 0 aliphatic heterocycles. The van der Waals surface area contributed by atoms with E-state index in [1.54, 1.807) is 26.2 Å². The molecule has 0 aliphatic carbocycles. The summed E-state index contributed by atoms with van der Waals surface area (Å²) in [6.45, 7) is 14.3. The van der Waals surface area contributed by atoms with Gasteiger partial charge in [0.1, 0.15) is 29.2 Å². The number of nitrogens with zero attached hydrogens (tertiary/aromatic N) is 1. The largest absolute Gasteiger partial charge is 0.507 e. The number of phenols is 1. The van der Waals surface area contributed by atoms with Crippen molar-refractivity contribution in [1.29, 1.82) is 0 Å². The Kier molecular flexibility index (Phi) is 17.3. The zero-order valence-electron chi connectivity index (χ0n) is 29.1. The molecule has 0 spiro atoms. The molecule has 2 aromatic rings. The summed E-state index contributed by atoms with van der Waals surface area (Å²) >= 11 is 0. The smallest absolute Gasteiger partial charge is 0.407 e. The summed E-state index contributed by atoms with van der Waals surface area (Å²) in [7, 11) is 5.84. The van der Waals surface area contributed by atoms with Crippen molar-refractivity contribution in [2.45, 2.75) is 78.5 Å². The molecule has 46 heavy (non-hydrogen) atoms. The first-order chi connectivity index (χ1) is 21.7. The zero-order chi connectivity index (χ0) is 35.0. The normalized spacial score (nSPS) is 12.7. The lowest BCUT2D eigenvalue weighted by atomic mass is 9.95. The molecular weight excluding hydrogens is 605 g/mol. The minimum Gasteiger partial charge on any atom is -0.507 e. The lowest BCUT2D eigenvalue weighted by Gasteiger charge is -2.30. The van der Waals surface area contributed by atoms with Crippen molar-refractivity contribution in [2.24, 2.45) is 5.73 Å². The van der Waals surface area contributed by atoms with Crippen LogP contribution in [-0.4, -0.2) is 85.9 Å². The van der Waals surface area contributed by atoms with Gasteiger partial charge >= 0.3 is 6.09 Å². The van der Waals surface area contributed by atoms with Crippen molar-refractivity contribution >= 4 is 31.5 Å². The molecule has 2 rings (SSSR count). The number of unbranched alkanes of at least 4 members (excludes halogenated alkanes) is 1. The van der Waals surface area contributed by atoms with Crippen LogP contribution in [0.3, 0.4) is 0 Å². The molecule has 3 amide bonds. The number of aryl methyl sites for hydroxylation is 1. The second-order valence-electron chi connectivity index (χ2n) is 11.6. The van der Waals surface area contributed by atoms with Gasteiger partial charge in [0.25, 0.3) is 0 Å². The van der Waals surface area contributed by atoms with Crippen LogP contribution in [0.1, 0.15) is 71.6 Å². The zero-order valence-corrected chi connectivity index (χ0v) is 30.0. The number of phenolic OH excluding ortho intramolecular Hbond substituents is 1. The van der Waals surface area contributed by atoms with E-state index in [9.17, 15) is 19.5 Å². The average Bonchev–Trinajstić information content (AvgIpc) is 3.01. The van der Waals surface area contributed by atoms with Crippen molar-refractivity contribution in [3.05, 3.63) is 47.5 Å². The number of nitrogens with one attached hydrogen (secondary N) is 3. The molecule has 2 aromatic carbocycles. The Morgan fingerprint density at radius 1 is 1.07 bits per heavy atom. The van der Waals surface area contributed by atoms with Crippen LogP contribution < -0.4 is 26.4 Å². The Morgan fingerprint density at radius 2 is 1.74 bits per heavy atom. The lowest BCUT2D eigenvalue weighted by Crippen LogP contribution is -2.49. The molecule has 0 aliphatic rings. The SMILES string of the molecule is CCCCNC(=O)OC(C)(C)C.CCc1ccc(O)c(-c2cc(C(C(=O)N[C@@H](C)C(=O)NC)N(C)C(CN)=PC)ccc2OC)c1. The second-order valence-corrected chi connectivity index (χ2v) is 12.6. The first-order valence-corrected chi connectivity index (χ1v) is 16.9. The van der Waals surface area contributed by atoms with Gasteiger partial charge in [0.15, 0.2) is 0 Å². The third kappa shape index (κ3) is 12.6. The molecule has 0 saturated heterocycles. The van der Waals surface area contributed by atoms with Crippen LogP contribution in [0.4, 0.5) is 4.79 Å². The topological polar surface area (TPSA) is 155 Å². The maximum atomic E-state index is 13.5. The van der Waals surface area contributed by atoms with Gasteiger partial charge in [-0.25, -0.2) is 4.79 Å². The van der Waals surface area contributed by atoms with Gasteiger partial charge in [-0.1, -0.05) is 40.6 Å². The Labute approximate surface area is 276 Å². The monoisotopic (exact) mass is 659 g/mol. The Balaban J connectivity index is 0.000000745. The van der Waals surface area contributed by atoms with E-state index in [1.165, 1.54) is 7.05 Å². The van der Waals surface area contributed by atoms with E-state index in [0.29, 0.717) is 29.0 Å². The number of methoxy groups -OCH3 is 1. The summed E-state index contributed by atoms with van der Waals surface area (Å²) in [6, 6.07) is 9.45. The van der Waals surface area contributed by atoms with E-state index >= 15 is 0 Å². The number of likely N-dealkylation sites (N-methyl/N-ethyl adjacent to an activating group) is 2. The van der Waals surface area contributed by atoms with Crippen LogP contribution in [0.15, 0.2) is 36.4 Å². The third-order valence-electron chi connectivity index (χ3n) is 6.98. The minimum absolute atomic E-state index is 0.122. The highest BCUT2D eigenvalue weighted by Crippen LogP contribution is 2.39. The number of rotatable bonds is 13. The van der Waals surface area contributed by atoms with Gasteiger partial charge < -0.3 is 36.3 Å². The number of hydrogen-bond acceptors (Lipinski definition) is 7. The van der Waals surface area contributed by atoms with Crippen LogP contribution in [0, 0.1) is 0 Å². The highest BCUT2D eigenvalue weighted by Gasteiger charge is 2.30. The molecule has 6 N–H and O–H groups in total. The minimum atomic E-state index is -0.751. The quantitative estimate of drug-likeness (QED) is 0.151. The molecular formula is C34H54N5O6P. The first-order valence-electron chi connectivity index (χ1n) is 15.5. The predicted molar refractivity (Wildman–Crippen MR) is 188 cm³/mol. The van der Waals surface area contributed by atoms with Crippen LogP contribution >= 0.6 is 8.20 Å². The maximum Gasteiger partial charge on any atom is 0.407 e. The number of amides is 3. The number of benzene rings is 2. The Bertz CT molecular complexity index is 1330. The fraction of sp³-hybridized carbons (Fsp3) is 0.529. The molecule has 0 saturated carbocycles. The summed E-state index contributed by atoms with van der Waals surface area (Å²) in [6.07, 6.45) is 2.57. The molecule has 2 atom stereocenters. The van der Waals surface area contributed by atoms with Gasteiger partial charge in [-0.2, -0.15) is 0 Å². The van der Waals surface area contributed by atoms with Crippen LogP contribution in [0.25, 0.3) is 11.1 Å². The van der Waals surface area contributed by atoms with Gasteiger partial charge in [0, 0.05) is 36.7 Å². The van der Waals surface area contributed by atoms with Gasteiger partial charge in [-0.05, 0) is 89.6 Å². The predicted octanol–water partition coefficient (Wildman–Crippen LogP) is 4.83. The highest BCUT2D eigenvalue weighted by molar-refractivity contribution is 7.39. The van der Waals surface area contributed by atoms with Crippen molar-refractivity contribution in [2.75, 3.05) is 41.0 Å². The number of hydrogen-bond donors (Lipinski definition) is 5. The van der Waals surface area contributed by atoms with Gasteiger partial charge in [0.2, 0.25) is 11.8 Å². The highest BCUT2D eigenvalue weighted by atomic mass is 31.1. The molecule has 0 fully saturated rings. The van der Waals surface area contributed by atoms with Gasteiger partial charge in [-0.3, -0.25) is 14.5 Å². The van der Waals surface area contributed by atoms with E-state index in [-0.39, 0.29) is 30.2 Å². The van der Waals surface area contributed by atoms with E-state index in [4.69, 9.17) is 15.2 Å². The van der Waals surface area contributed by atoms with E-state index in [1.807, 2.05) is 70.6 Å². The van der Waals surface area contributed by atoms with Crippen molar-refractivity contribution in [1.82, 2.24) is 20.9 Å². The number of alkyl carbamates (subject to hydrolysis) is 1. The number of aromatic hydroxyl groups is 1. The molecule has 0 bridgehead atoms. The molecule has 11 nitrogen and oxygen atoms in total. The average molecular weight is 660 g/mol. The van der Waals surface area contributed by atoms with Crippen molar-refractivity contribution in [3.8, 4) is 22.6 Å². The van der Waals surface area contributed by atoms with Crippen LogP contribution in [-0.2, 0) is 20.7 Å². The van der Waals surface area contributed by atoms with Crippen LogP contribution in [0.5, 0.6) is 11.5 Å². The Hall–Kier alpha value is -3.66. The second kappa shape index (κ2) is 19.8. The summed E-state index contributed by atoms with van der Waals surface area (Å²) in [5, 5.41) is 18.6. The summed E-state index contributed by atoms with van der Waals surface area (Å²) in [5.74, 6) is 0.0694. The van der Waals surface area contributed by atoms with E-state index in [0.717, 1.165) is 38.4 Å². The molecule has 0 aromatic heterocycles. The standard InChI is InChI=1S/C25H35N4O4P.C9H19NO2/c1-7-16-8-10-20(30)18(12-16)19-13-17(9-11-21(19)33-5)23(29(4)22(14-26)34-6)25(32)28-15(2)24(31)27-3;1-5-6-7-10-8(11)12-9(2,3)4/h8-13,15,23,30H,7,14,26H2,1-6H3,(H,27,31)(H,28,32);5-7H2,1-4H3,(H,10,11)/t15-,23?;/m0./s1. The molecule has 256 valence electrons. The maximum absolute atomic E-state index is 13.5. The number of carbonyl (C=O) groups is 3. The molecule has 0 heterocycles. The van der Waals surface area contributed by atoms with E-state index < -0.39 is 17.7 Å². The van der Waals surface area contributed by atoms with Gasteiger partial charge in [-0.15, -0.1) is 0 Å².